The summed E-state index contributed by atoms with van der Waals surface area (Å²) in [4.78, 5) is 10.9. The van der Waals surface area contributed by atoms with Gasteiger partial charge in [-0.15, -0.1) is 0 Å². The largest absolute Gasteiger partial charge is 0.493 e. The van der Waals surface area contributed by atoms with Gasteiger partial charge in [0.2, 0.25) is 0 Å². The number of nitrogens with zero attached hydrogens (tertiary/aromatic N) is 1. The van der Waals surface area contributed by atoms with Gasteiger partial charge in [-0.1, -0.05) is 0 Å². The molecule has 0 saturated carbocycles. The number of carboxylic acids is 1. The summed E-state index contributed by atoms with van der Waals surface area (Å²) >= 11 is 0. The Morgan fingerprint density at radius 2 is 2.26 bits per heavy atom. The second-order valence-electron chi connectivity index (χ2n) is 5.29. The van der Waals surface area contributed by atoms with Gasteiger partial charge in [-0.2, -0.15) is 5.10 Å². The molecule has 7 heteroatoms. The first-order valence-corrected chi connectivity index (χ1v) is 7.39. The molecule has 3 rings (SSSR count). The lowest BCUT2D eigenvalue weighted by atomic mass is 10.1. The molecular weight excluding hydrogens is 300 g/mol. The maximum atomic E-state index is 10.9. The highest BCUT2D eigenvalue weighted by molar-refractivity contribution is 5.86. The number of aromatic carboxylic acids is 1. The van der Waals surface area contributed by atoms with E-state index in [9.17, 15) is 4.79 Å². The van der Waals surface area contributed by atoms with Crippen LogP contribution in [0, 0.1) is 0 Å². The molecule has 0 spiro atoms. The quantitative estimate of drug-likeness (QED) is 0.879. The Labute approximate surface area is 133 Å². The zero-order chi connectivity index (χ0) is 16.2. The molecule has 1 aliphatic rings. The second-order valence-corrected chi connectivity index (χ2v) is 5.29. The summed E-state index contributed by atoms with van der Waals surface area (Å²) < 4.78 is 16.7. The summed E-state index contributed by atoms with van der Waals surface area (Å²) in [5, 5.41) is 15.5. The molecular formula is C16H18N2O5. The number of hydrogen-bond donors (Lipinski definition) is 2. The average molecular weight is 318 g/mol. The predicted octanol–water partition coefficient (Wildman–Crippen LogP) is 2.34. The van der Waals surface area contributed by atoms with E-state index in [1.165, 1.54) is 6.07 Å². The van der Waals surface area contributed by atoms with Crippen molar-refractivity contribution >= 4 is 5.97 Å². The van der Waals surface area contributed by atoms with Gasteiger partial charge in [0, 0.05) is 12.2 Å². The van der Waals surface area contributed by atoms with Gasteiger partial charge in [0.05, 0.1) is 19.4 Å². The van der Waals surface area contributed by atoms with E-state index in [2.05, 4.69) is 10.2 Å². The van der Waals surface area contributed by atoms with Crippen LogP contribution < -0.4 is 9.47 Å². The van der Waals surface area contributed by atoms with E-state index < -0.39 is 5.97 Å². The Kier molecular flexibility index (Phi) is 4.47. The van der Waals surface area contributed by atoms with Crippen LogP contribution in [-0.4, -0.2) is 47.7 Å². The molecule has 1 aliphatic heterocycles. The average Bonchev–Trinajstić information content (AvgIpc) is 3.06. The summed E-state index contributed by atoms with van der Waals surface area (Å²) in [7, 11) is 1.58. The van der Waals surface area contributed by atoms with Gasteiger partial charge < -0.3 is 19.3 Å². The van der Waals surface area contributed by atoms with Crippen LogP contribution in [0.2, 0.25) is 0 Å². The first kappa shape index (κ1) is 15.4. The van der Waals surface area contributed by atoms with Gasteiger partial charge in [0.1, 0.15) is 11.8 Å². The fraction of sp³-hybridized carbons (Fsp3) is 0.375. The Hall–Kier alpha value is -2.54. The summed E-state index contributed by atoms with van der Waals surface area (Å²) in [6.45, 7) is 1.32. The van der Waals surface area contributed by atoms with Crippen molar-refractivity contribution in [2.24, 2.45) is 0 Å². The number of rotatable bonds is 5. The molecule has 0 amide bonds. The molecule has 2 N–H and O–H groups in total. The highest BCUT2D eigenvalue weighted by Gasteiger charge is 2.18. The fourth-order valence-electron chi connectivity index (χ4n) is 2.49. The summed E-state index contributed by atoms with van der Waals surface area (Å²) in [6, 6.07) is 6.88. The van der Waals surface area contributed by atoms with Crippen molar-refractivity contribution in [1.29, 1.82) is 0 Å². The topological polar surface area (TPSA) is 93.7 Å². The molecule has 122 valence electrons. The maximum Gasteiger partial charge on any atom is 0.353 e. The van der Waals surface area contributed by atoms with Crippen LogP contribution in [0.1, 0.15) is 23.3 Å². The minimum Gasteiger partial charge on any atom is -0.493 e. The van der Waals surface area contributed by atoms with Crippen molar-refractivity contribution in [2.75, 3.05) is 20.3 Å². The van der Waals surface area contributed by atoms with E-state index in [0.29, 0.717) is 23.8 Å². The van der Waals surface area contributed by atoms with Crippen LogP contribution >= 0.6 is 0 Å². The van der Waals surface area contributed by atoms with E-state index in [4.69, 9.17) is 19.3 Å². The smallest absolute Gasteiger partial charge is 0.353 e. The Morgan fingerprint density at radius 3 is 2.91 bits per heavy atom. The van der Waals surface area contributed by atoms with Gasteiger partial charge in [-0.3, -0.25) is 5.10 Å². The molecule has 0 bridgehead atoms. The van der Waals surface area contributed by atoms with Crippen LogP contribution in [-0.2, 0) is 4.74 Å². The molecule has 0 radical (unpaired) electrons. The van der Waals surface area contributed by atoms with E-state index >= 15 is 0 Å². The Morgan fingerprint density at radius 1 is 1.39 bits per heavy atom. The molecule has 1 aromatic heterocycles. The summed E-state index contributed by atoms with van der Waals surface area (Å²) in [6.07, 6.45) is 1.88. The first-order chi connectivity index (χ1) is 11.2. The molecule has 2 aromatic rings. The molecule has 1 saturated heterocycles. The highest BCUT2D eigenvalue weighted by Crippen LogP contribution is 2.33. The minimum atomic E-state index is -1.05. The van der Waals surface area contributed by atoms with Gasteiger partial charge in [-0.25, -0.2) is 4.79 Å². The SMILES string of the molecule is COc1ccc(-c2cc(C(=O)O)[nH]n2)cc1OC1CCCOC1. The molecule has 0 aliphatic carbocycles. The third kappa shape index (κ3) is 3.45. The van der Waals surface area contributed by atoms with Crippen molar-refractivity contribution in [3.8, 4) is 22.8 Å². The van der Waals surface area contributed by atoms with Gasteiger partial charge in [0.15, 0.2) is 11.5 Å². The van der Waals surface area contributed by atoms with Crippen molar-refractivity contribution in [1.82, 2.24) is 10.2 Å². The standard InChI is InChI=1S/C16H18N2O5/c1-21-14-5-4-10(12-8-13(16(19)20)18-17-12)7-15(14)23-11-3-2-6-22-9-11/h4-5,7-8,11H,2-3,6,9H2,1H3,(H,17,18)(H,19,20). The van der Waals surface area contributed by atoms with Gasteiger partial charge >= 0.3 is 5.97 Å². The van der Waals surface area contributed by atoms with Crippen LogP contribution in [0.5, 0.6) is 11.5 Å². The number of aromatic nitrogens is 2. The van der Waals surface area contributed by atoms with Crippen molar-refractivity contribution in [3.05, 3.63) is 30.0 Å². The molecule has 1 aromatic carbocycles. The van der Waals surface area contributed by atoms with Crippen LogP contribution in [0.4, 0.5) is 0 Å². The number of aromatic amines is 1. The number of carbonyl (C=O) groups is 1. The molecule has 2 heterocycles. The van der Waals surface area contributed by atoms with Crippen LogP contribution in [0.25, 0.3) is 11.3 Å². The normalized spacial score (nSPS) is 17.7. The van der Waals surface area contributed by atoms with Crippen LogP contribution in [0.15, 0.2) is 24.3 Å². The van der Waals surface area contributed by atoms with Gasteiger partial charge in [-0.05, 0) is 37.1 Å². The Balaban J connectivity index is 1.86. The third-order valence-electron chi connectivity index (χ3n) is 3.68. The van der Waals surface area contributed by atoms with E-state index in [1.54, 1.807) is 19.2 Å². The zero-order valence-corrected chi connectivity index (χ0v) is 12.7. The molecule has 1 atom stereocenters. The number of nitrogens with one attached hydrogen (secondary N) is 1. The molecule has 1 fully saturated rings. The van der Waals surface area contributed by atoms with Crippen LogP contribution in [0.3, 0.4) is 0 Å². The lowest BCUT2D eigenvalue weighted by Gasteiger charge is -2.24. The number of carboxylic acid groups (broad SMARTS) is 1. The number of ether oxygens (including phenoxy) is 3. The summed E-state index contributed by atoms with van der Waals surface area (Å²) in [5.41, 5.74) is 1.33. The number of benzene rings is 1. The molecule has 1 unspecified atom stereocenters. The third-order valence-corrected chi connectivity index (χ3v) is 3.68. The van der Waals surface area contributed by atoms with E-state index in [1.807, 2.05) is 6.07 Å². The van der Waals surface area contributed by atoms with Crippen molar-refractivity contribution in [2.45, 2.75) is 18.9 Å². The monoisotopic (exact) mass is 318 g/mol. The maximum absolute atomic E-state index is 10.9. The number of hydrogen-bond acceptors (Lipinski definition) is 5. The minimum absolute atomic E-state index is 0.0123. The van der Waals surface area contributed by atoms with E-state index in [-0.39, 0.29) is 11.8 Å². The van der Waals surface area contributed by atoms with Crippen molar-refractivity contribution < 1.29 is 24.1 Å². The molecule has 23 heavy (non-hydrogen) atoms. The lowest BCUT2D eigenvalue weighted by molar-refractivity contribution is 0.00646. The predicted molar refractivity (Wildman–Crippen MR) is 82.0 cm³/mol. The number of methoxy groups -OCH3 is 1. The lowest BCUT2D eigenvalue weighted by Crippen LogP contribution is -2.28. The van der Waals surface area contributed by atoms with E-state index in [0.717, 1.165) is 25.0 Å². The molecule has 7 nitrogen and oxygen atoms in total. The summed E-state index contributed by atoms with van der Waals surface area (Å²) in [5.74, 6) is 0.168. The zero-order valence-electron chi connectivity index (χ0n) is 12.7. The van der Waals surface area contributed by atoms with Crippen molar-refractivity contribution in [3.63, 3.8) is 0 Å². The van der Waals surface area contributed by atoms with Gasteiger partial charge in [0.25, 0.3) is 0 Å². The Bertz CT molecular complexity index is 692. The number of H-pyrrole nitrogens is 1. The fourth-order valence-corrected chi connectivity index (χ4v) is 2.49. The first-order valence-electron chi connectivity index (χ1n) is 7.39. The highest BCUT2D eigenvalue weighted by atomic mass is 16.5. The second kappa shape index (κ2) is 6.70.